The Hall–Kier alpha value is -2.41. The number of carbonyl (C=O) groups is 1. The van der Waals surface area contributed by atoms with Crippen molar-refractivity contribution in [3.05, 3.63) is 41.2 Å². The molecular weight excluding hydrogens is 308 g/mol. The average Bonchev–Trinajstić information content (AvgIpc) is 3.10. The van der Waals surface area contributed by atoms with Crippen LogP contribution in [0, 0.1) is 6.92 Å². The standard InChI is InChI=1S/C17H20N4O3/c1-11-13(4-3-5-15(11)23-2)17(22)20-7-6-16-14(9-20)21-12(10-24-16)8-18-19-21/h3-5,8,14,16H,6-7,9-10H2,1-2H3. The first-order valence-electron chi connectivity index (χ1n) is 8.12. The largest absolute Gasteiger partial charge is 0.496 e. The number of amides is 1. The van der Waals surface area contributed by atoms with E-state index in [1.807, 2.05) is 34.7 Å². The van der Waals surface area contributed by atoms with Crippen molar-refractivity contribution in [3.8, 4) is 5.75 Å². The maximum absolute atomic E-state index is 13.0. The molecule has 0 spiro atoms. The molecule has 1 aromatic heterocycles. The summed E-state index contributed by atoms with van der Waals surface area (Å²) >= 11 is 0. The summed E-state index contributed by atoms with van der Waals surface area (Å²) in [5.41, 5.74) is 2.51. The molecule has 4 rings (SSSR count). The summed E-state index contributed by atoms with van der Waals surface area (Å²) in [6.45, 7) is 3.71. The summed E-state index contributed by atoms with van der Waals surface area (Å²) in [5.74, 6) is 0.757. The third kappa shape index (κ3) is 2.36. The van der Waals surface area contributed by atoms with Gasteiger partial charge in [0, 0.05) is 24.2 Å². The van der Waals surface area contributed by atoms with E-state index in [2.05, 4.69) is 10.3 Å². The van der Waals surface area contributed by atoms with Crippen LogP contribution in [0.15, 0.2) is 24.4 Å². The van der Waals surface area contributed by atoms with Gasteiger partial charge in [-0.3, -0.25) is 4.79 Å². The van der Waals surface area contributed by atoms with E-state index in [9.17, 15) is 4.79 Å². The minimum absolute atomic E-state index is 0.0251. The smallest absolute Gasteiger partial charge is 0.254 e. The summed E-state index contributed by atoms with van der Waals surface area (Å²) in [6, 6.07) is 5.60. The normalized spacial score (nSPS) is 22.7. The molecule has 1 aromatic carbocycles. The fourth-order valence-electron chi connectivity index (χ4n) is 3.60. The molecule has 1 fully saturated rings. The zero-order valence-electron chi connectivity index (χ0n) is 13.8. The van der Waals surface area contributed by atoms with E-state index >= 15 is 0 Å². The Kier molecular flexibility index (Phi) is 3.72. The first-order valence-corrected chi connectivity index (χ1v) is 8.12. The van der Waals surface area contributed by atoms with Crippen molar-refractivity contribution in [1.82, 2.24) is 19.9 Å². The number of hydrogen-bond donors (Lipinski definition) is 0. The van der Waals surface area contributed by atoms with E-state index in [0.717, 1.165) is 23.4 Å². The van der Waals surface area contributed by atoms with E-state index in [1.165, 1.54) is 0 Å². The Bertz CT molecular complexity index is 773. The van der Waals surface area contributed by atoms with Crippen molar-refractivity contribution in [2.24, 2.45) is 0 Å². The number of piperidine rings is 1. The molecular formula is C17H20N4O3. The Morgan fingerprint density at radius 2 is 2.29 bits per heavy atom. The Morgan fingerprint density at radius 3 is 3.12 bits per heavy atom. The lowest BCUT2D eigenvalue weighted by atomic mass is 9.98. The highest BCUT2D eigenvalue weighted by molar-refractivity contribution is 5.96. The number of fused-ring (bicyclic) bond motifs is 3. The molecule has 0 aliphatic carbocycles. The van der Waals surface area contributed by atoms with Gasteiger partial charge in [0.2, 0.25) is 0 Å². The summed E-state index contributed by atoms with van der Waals surface area (Å²) in [4.78, 5) is 14.9. The van der Waals surface area contributed by atoms with Crippen molar-refractivity contribution in [3.63, 3.8) is 0 Å². The van der Waals surface area contributed by atoms with Gasteiger partial charge in [0.15, 0.2) is 0 Å². The molecule has 7 heteroatoms. The molecule has 3 heterocycles. The summed E-state index contributed by atoms with van der Waals surface area (Å²) in [5, 5.41) is 8.15. The van der Waals surface area contributed by atoms with Gasteiger partial charge in [-0.2, -0.15) is 0 Å². The van der Waals surface area contributed by atoms with Crippen LogP contribution in [-0.2, 0) is 11.3 Å². The van der Waals surface area contributed by atoms with Crippen LogP contribution in [0.2, 0.25) is 0 Å². The number of nitrogens with zero attached hydrogens (tertiary/aromatic N) is 4. The summed E-state index contributed by atoms with van der Waals surface area (Å²) in [6.07, 6.45) is 2.62. The highest BCUT2D eigenvalue weighted by Crippen LogP contribution is 2.31. The second-order valence-electron chi connectivity index (χ2n) is 6.26. The highest BCUT2D eigenvalue weighted by Gasteiger charge is 2.38. The van der Waals surface area contributed by atoms with Crippen LogP contribution in [0.1, 0.15) is 34.1 Å². The maximum atomic E-state index is 13.0. The molecule has 126 valence electrons. The van der Waals surface area contributed by atoms with Gasteiger partial charge in [-0.05, 0) is 25.5 Å². The topological polar surface area (TPSA) is 69.5 Å². The van der Waals surface area contributed by atoms with Gasteiger partial charge >= 0.3 is 0 Å². The predicted molar refractivity (Wildman–Crippen MR) is 85.9 cm³/mol. The lowest BCUT2D eigenvalue weighted by Gasteiger charge is -2.41. The maximum Gasteiger partial charge on any atom is 0.254 e. The molecule has 2 unspecified atom stereocenters. The number of methoxy groups -OCH3 is 1. The van der Waals surface area contributed by atoms with E-state index in [1.54, 1.807) is 13.3 Å². The zero-order chi connectivity index (χ0) is 16.7. The Balaban J connectivity index is 1.60. The quantitative estimate of drug-likeness (QED) is 0.837. The molecule has 1 saturated heterocycles. The second kappa shape index (κ2) is 5.90. The number of hydrogen-bond acceptors (Lipinski definition) is 5. The molecule has 0 radical (unpaired) electrons. The third-order valence-corrected chi connectivity index (χ3v) is 4.95. The minimum Gasteiger partial charge on any atom is -0.496 e. The number of ether oxygens (including phenoxy) is 2. The van der Waals surface area contributed by atoms with Crippen molar-refractivity contribution in [2.75, 3.05) is 20.2 Å². The van der Waals surface area contributed by atoms with Gasteiger partial charge in [0.1, 0.15) is 5.75 Å². The van der Waals surface area contributed by atoms with Crippen molar-refractivity contribution < 1.29 is 14.3 Å². The first kappa shape index (κ1) is 15.1. The lowest BCUT2D eigenvalue weighted by molar-refractivity contribution is -0.0605. The molecule has 0 bridgehead atoms. The predicted octanol–water partition coefficient (Wildman–Crippen LogP) is 1.58. The van der Waals surface area contributed by atoms with Gasteiger partial charge in [-0.15, -0.1) is 5.10 Å². The Labute approximate surface area is 140 Å². The lowest BCUT2D eigenvalue weighted by Crippen LogP contribution is -2.50. The van der Waals surface area contributed by atoms with Gasteiger partial charge in [-0.25, -0.2) is 4.68 Å². The monoisotopic (exact) mass is 328 g/mol. The van der Waals surface area contributed by atoms with Crippen LogP contribution in [0.5, 0.6) is 5.75 Å². The molecule has 0 saturated carbocycles. The SMILES string of the molecule is COc1cccc(C(=O)N2CCC3OCc4cnnn4C3C2)c1C. The van der Waals surface area contributed by atoms with Gasteiger partial charge < -0.3 is 14.4 Å². The summed E-state index contributed by atoms with van der Waals surface area (Å²) < 4.78 is 13.1. The molecule has 24 heavy (non-hydrogen) atoms. The average molecular weight is 328 g/mol. The molecule has 2 atom stereocenters. The van der Waals surface area contributed by atoms with Crippen LogP contribution >= 0.6 is 0 Å². The van der Waals surface area contributed by atoms with Crippen LogP contribution < -0.4 is 4.74 Å². The Morgan fingerprint density at radius 1 is 1.42 bits per heavy atom. The fraction of sp³-hybridized carbons (Fsp3) is 0.471. The van der Waals surface area contributed by atoms with Gasteiger partial charge in [0.05, 0.1) is 37.8 Å². The van der Waals surface area contributed by atoms with Crippen LogP contribution in [0.3, 0.4) is 0 Å². The molecule has 0 N–H and O–H groups in total. The number of aromatic nitrogens is 3. The fourth-order valence-corrected chi connectivity index (χ4v) is 3.60. The van der Waals surface area contributed by atoms with E-state index < -0.39 is 0 Å². The van der Waals surface area contributed by atoms with Crippen LogP contribution in [-0.4, -0.2) is 52.1 Å². The van der Waals surface area contributed by atoms with Gasteiger partial charge in [0.25, 0.3) is 5.91 Å². The molecule has 2 aromatic rings. The van der Waals surface area contributed by atoms with Crippen LogP contribution in [0.4, 0.5) is 0 Å². The first-order chi connectivity index (χ1) is 11.7. The van der Waals surface area contributed by atoms with Crippen molar-refractivity contribution in [1.29, 1.82) is 0 Å². The molecule has 1 amide bonds. The van der Waals surface area contributed by atoms with E-state index in [-0.39, 0.29) is 18.1 Å². The molecule has 2 aliphatic heterocycles. The van der Waals surface area contributed by atoms with Crippen LogP contribution in [0.25, 0.3) is 0 Å². The van der Waals surface area contributed by atoms with E-state index in [4.69, 9.17) is 9.47 Å². The van der Waals surface area contributed by atoms with Crippen molar-refractivity contribution >= 4 is 5.91 Å². The van der Waals surface area contributed by atoms with E-state index in [0.29, 0.717) is 25.3 Å². The zero-order valence-corrected chi connectivity index (χ0v) is 13.8. The number of rotatable bonds is 2. The molecule has 7 nitrogen and oxygen atoms in total. The number of benzene rings is 1. The van der Waals surface area contributed by atoms with Crippen molar-refractivity contribution in [2.45, 2.75) is 32.1 Å². The number of carbonyl (C=O) groups excluding carboxylic acids is 1. The summed E-state index contributed by atoms with van der Waals surface area (Å²) in [7, 11) is 1.62. The number of likely N-dealkylation sites (tertiary alicyclic amines) is 1. The highest BCUT2D eigenvalue weighted by atomic mass is 16.5. The minimum atomic E-state index is 0.0251. The second-order valence-corrected chi connectivity index (χ2v) is 6.26. The third-order valence-electron chi connectivity index (χ3n) is 4.95. The molecule has 2 aliphatic rings. The van der Waals surface area contributed by atoms with Gasteiger partial charge in [-0.1, -0.05) is 11.3 Å².